The zero-order chi connectivity index (χ0) is 17.8. The summed E-state index contributed by atoms with van der Waals surface area (Å²) < 4.78 is 25.0. The average Bonchev–Trinajstić information content (AvgIpc) is 2.57. The normalized spacial score (nSPS) is 22.9. The number of morpholine rings is 1. The van der Waals surface area contributed by atoms with Gasteiger partial charge in [-0.3, -0.25) is 9.69 Å². The predicted octanol–water partition coefficient (Wildman–Crippen LogP) is 2.51. The summed E-state index contributed by atoms with van der Waals surface area (Å²) in [6, 6.07) is 3.90. The number of ether oxygens (including phenoxy) is 2. The summed E-state index contributed by atoms with van der Waals surface area (Å²) in [6.45, 7) is 4.54. The fourth-order valence-electron chi connectivity index (χ4n) is 3.60. The molecule has 2 fully saturated rings. The number of methoxy groups -OCH3 is 1. The monoisotopic (exact) mass is 350 g/mol. The molecule has 1 amide bonds. The van der Waals surface area contributed by atoms with Gasteiger partial charge in [0.25, 0.3) is 0 Å². The van der Waals surface area contributed by atoms with Crippen LogP contribution in [0.2, 0.25) is 0 Å². The third-order valence-corrected chi connectivity index (χ3v) is 5.28. The summed E-state index contributed by atoms with van der Waals surface area (Å²) in [5, 5.41) is 2.94. The summed E-state index contributed by atoms with van der Waals surface area (Å²) in [5.74, 6) is 0.645. The molecule has 5 nitrogen and oxygen atoms in total. The highest BCUT2D eigenvalue weighted by Crippen LogP contribution is 2.29. The minimum atomic E-state index is -0.476. The van der Waals surface area contributed by atoms with Crippen LogP contribution in [-0.2, 0) is 9.53 Å². The van der Waals surface area contributed by atoms with Gasteiger partial charge in [-0.05, 0) is 37.8 Å². The lowest BCUT2D eigenvalue weighted by atomic mass is 9.84. The molecule has 3 rings (SSSR count). The van der Waals surface area contributed by atoms with Crippen molar-refractivity contribution in [2.75, 3.05) is 33.4 Å². The molecule has 0 radical (unpaired) electrons. The lowest BCUT2D eigenvalue weighted by Gasteiger charge is -2.39. The average molecular weight is 350 g/mol. The molecule has 138 valence electrons. The lowest BCUT2D eigenvalue weighted by Crippen LogP contribution is -2.55. The van der Waals surface area contributed by atoms with Gasteiger partial charge in [-0.2, -0.15) is 0 Å². The Morgan fingerprint density at radius 3 is 2.96 bits per heavy atom. The van der Waals surface area contributed by atoms with E-state index in [0.717, 1.165) is 13.1 Å². The number of carbonyl (C=O) groups is 1. The zero-order valence-corrected chi connectivity index (χ0v) is 15.0. The van der Waals surface area contributed by atoms with E-state index in [9.17, 15) is 9.18 Å². The summed E-state index contributed by atoms with van der Waals surface area (Å²) in [7, 11) is 1.50. The number of amides is 1. The van der Waals surface area contributed by atoms with Gasteiger partial charge in [0.1, 0.15) is 17.6 Å². The van der Waals surface area contributed by atoms with Crippen LogP contribution in [0.5, 0.6) is 5.75 Å². The predicted molar refractivity (Wildman–Crippen MR) is 93.0 cm³/mol. The molecule has 1 N–H and O–H groups in total. The minimum Gasteiger partial charge on any atom is -0.496 e. The van der Waals surface area contributed by atoms with Gasteiger partial charge in [0.2, 0.25) is 5.91 Å². The van der Waals surface area contributed by atoms with Gasteiger partial charge in [-0.1, -0.05) is 12.5 Å². The van der Waals surface area contributed by atoms with E-state index in [4.69, 9.17) is 9.47 Å². The highest BCUT2D eigenvalue weighted by atomic mass is 19.1. The Morgan fingerprint density at radius 2 is 2.28 bits per heavy atom. The first-order valence-corrected chi connectivity index (χ1v) is 9.04. The van der Waals surface area contributed by atoms with Crippen molar-refractivity contribution in [2.24, 2.45) is 5.92 Å². The van der Waals surface area contributed by atoms with Crippen LogP contribution in [0, 0.1) is 11.7 Å². The molecule has 25 heavy (non-hydrogen) atoms. The molecule has 2 atom stereocenters. The molecular formula is C19H27FN2O3. The van der Waals surface area contributed by atoms with Crippen molar-refractivity contribution in [1.82, 2.24) is 10.2 Å². The Kier molecular flexibility index (Phi) is 5.91. The molecule has 0 spiro atoms. The molecule has 2 aliphatic rings. The second-order valence-corrected chi connectivity index (χ2v) is 6.97. The van der Waals surface area contributed by atoms with E-state index in [1.165, 1.54) is 32.4 Å². The van der Waals surface area contributed by atoms with Crippen molar-refractivity contribution in [2.45, 2.75) is 38.3 Å². The minimum absolute atomic E-state index is 0.114. The number of halogens is 1. The Labute approximate surface area is 148 Å². The Balaban J connectivity index is 1.67. The molecule has 1 aliphatic heterocycles. The van der Waals surface area contributed by atoms with Crippen molar-refractivity contribution in [1.29, 1.82) is 0 Å². The van der Waals surface area contributed by atoms with Crippen molar-refractivity contribution >= 4 is 5.91 Å². The Bertz CT molecular complexity index is 606. The lowest BCUT2D eigenvalue weighted by molar-refractivity contribution is -0.134. The fraction of sp³-hybridized carbons (Fsp3) is 0.632. The van der Waals surface area contributed by atoms with E-state index in [-0.39, 0.29) is 17.8 Å². The van der Waals surface area contributed by atoms with E-state index < -0.39 is 6.04 Å². The second-order valence-electron chi connectivity index (χ2n) is 6.97. The number of hydrogen-bond donors (Lipinski definition) is 1. The largest absolute Gasteiger partial charge is 0.496 e. The number of benzene rings is 1. The van der Waals surface area contributed by atoms with Gasteiger partial charge < -0.3 is 14.8 Å². The maximum absolute atomic E-state index is 14.2. The number of hydrogen-bond acceptors (Lipinski definition) is 4. The first kappa shape index (κ1) is 18.1. The number of nitrogens with one attached hydrogen (secondary N) is 1. The van der Waals surface area contributed by atoms with Crippen LogP contribution in [0.15, 0.2) is 18.2 Å². The second kappa shape index (κ2) is 8.15. The molecule has 1 aromatic carbocycles. The quantitative estimate of drug-likeness (QED) is 0.857. The van der Waals surface area contributed by atoms with Crippen LogP contribution in [0.3, 0.4) is 0 Å². The number of nitrogens with zero attached hydrogens (tertiary/aromatic N) is 1. The van der Waals surface area contributed by atoms with Gasteiger partial charge in [-0.25, -0.2) is 4.39 Å². The molecule has 1 heterocycles. The van der Waals surface area contributed by atoms with Crippen molar-refractivity contribution in [3.05, 3.63) is 29.6 Å². The van der Waals surface area contributed by atoms with E-state index in [0.29, 0.717) is 30.4 Å². The molecule has 6 heteroatoms. The molecule has 1 aromatic rings. The van der Waals surface area contributed by atoms with Gasteiger partial charge in [0.15, 0.2) is 0 Å². The smallest absolute Gasteiger partial charge is 0.240 e. The maximum Gasteiger partial charge on any atom is 0.240 e. The number of rotatable bonds is 6. The molecule has 0 bridgehead atoms. The third kappa shape index (κ3) is 4.12. The molecular weight excluding hydrogens is 323 g/mol. The third-order valence-electron chi connectivity index (χ3n) is 5.28. The van der Waals surface area contributed by atoms with Crippen molar-refractivity contribution in [3.8, 4) is 5.75 Å². The summed E-state index contributed by atoms with van der Waals surface area (Å²) >= 11 is 0. The molecule has 1 saturated heterocycles. The van der Waals surface area contributed by atoms with Gasteiger partial charge in [0.05, 0.1) is 31.9 Å². The fourth-order valence-corrected chi connectivity index (χ4v) is 3.60. The van der Waals surface area contributed by atoms with Crippen LogP contribution < -0.4 is 10.1 Å². The standard InChI is InChI=1S/C19H27FN2O3/c1-13(18-15(20)7-4-8-17(18)24-2)21-19(23)16-12-25-10-9-22(16)11-14-5-3-6-14/h4,7-8,13-14,16H,3,5-6,9-12H2,1-2H3,(H,21,23). The van der Waals surface area contributed by atoms with Crippen LogP contribution in [0.4, 0.5) is 4.39 Å². The first-order chi connectivity index (χ1) is 12.1. The molecule has 2 unspecified atom stereocenters. The molecule has 0 aromatic heterocycles. The van der Waals surface area contributed by atoms with E-state index in [2.05, 4.69) is 10.2 Å². The van der Waals surface area contributed by atoms with Crippen LogP contribution in [0.1, 0.15) is 37.8 Å². The molecule has 1 saturated carbocycles. The van der Waals surface area contributed by atoms with Gasteiger partial charge >= 0.3 is 0 Å². The van der Waals surface area contributed by atoms with E-state index >= 15 is 0 Å². The topological polar surface area (TPSA) is 50.8 Å². The molecule has 1 aliphatic carbocycles. The van der Waals surface area contributed by atoms with Crippen molar-refractivity contribution < 1.29 is 18.7 Å². The Morgan fingerprint density at radius 1 is 1.48 bits per heavy atom. The first-order valence-electron chi connectivity index (χ1n) is 9.04. The highest BCUT2D eigenvalue weighted by Gasteiger charge is 2.33. The Hall–Kier alpha value is -1.66. The highest BCUT2D eigenvalue weighted by molar-refractivity contribution is 5.82. The number of carbonyl (C=O) groups excluding carboxylic acids is 1. The van der Waals surface area contributed by atoms with Crippen LogP contribution in [-0.4, -0.2) is 50.3 Å². The van der Waals surface area contributed by atoms with E-state index in [1.54, 1.807) is 19.1 Å². The van der Waals surface area contributed by atoms with Gasteiger partial charge in [-0.15, -0.1) is 0 Å². The van der Waals surface area contributed by atoms with E-state index in [1.807, 2.05) is 0 Å². The van der Waals surface area contributed by atoms with Crippen LogP contribution in [0.25, 0.3) is 0 Å². The maximum atomic E-state index is 14.2. The zero-order valence-electron chi connectivity index (χ0n) is 15.0. The van der Waals surface area contributed by atoms with Gasteiger partial charge in [0, 0.05) is 13.1 Å². The van der Waals surface area contributed by atoms with Crippen molar-refractivity contribution in [3.63, 3.8) is 0 Å². The summed E-state index contributed by atoms with van der Waals surface area (Å²) in [6.07, 6.45) is 3.78. The SMILES string of the molecule is COc1cccc(F)c1C(C)NC(=O)C1COCCN1CC1CCC1. The summed E-state index contributed by atoms with van der Waals surface area (Å²) in [4.78, 5) is 15.0. The summed E-state index contributed by atoms with van der Waals surface area (Å²) in [5.41, 5.74) is 0.376. The van der Waals surface area contributed by atoms with Crippen LogP contribution >= 0.6 is 0 Å².